The number of anilines is 1. The summed E-state index contributed by atoms with van der Waals surface area (Å²) in [6.45, 7) is 7.09. The Morgan fingerprint density at radius 2 is 1.38 bits per heavy atom. The normalized spacial score (nSPS) is 17.5. The van der Waals surface area contributed by atoms with Crippen molar-refractivity contribution in [3.63, 3.8) is 0 Å². The van der Waals surface area contributed by atoms with E-state index in [-0.39, 0.29) is 0 Å². The fourth-order valence-electron chi connectivity index (χ4n) is 3.43. The minimum atomic E-state index is 0.466. The second kappa shape index (κ2) is 15.4. The summed E-state index contributed by atoms with van der Waals surface area (Å²) in [6.07, 6.45) is 8.27. The van der Waals surface area contributed by atoms with E-state index in [1.807, 2.05) is 19.4 Å². The van der Waals surface area contributed by atoms with Crippen molar-refractivity contribution in [1.29, 1.82) is 0 Å². The molecule has 0 amide bonds. The number of benzene rings is 1. The number of hydrogen-bond donors (Lipinski definition) is 1. The summed E-state index contributed by atoms with van der Waals surface area (Å²) in [7, 11) is 2.05. The number of nitrogens with zero attached hydrogens (tertiary/aromatic N) is 2. The van der Waals surface area contributed by atoms with Gasteiger partial charge >= 0.3 is 0 Å². The molecule has 1 aliphatic heterocycles. The Morgan fingerprint density at radius 3 is 2.03 bits per heavy atom. The lowest BCUT2D eigenvalue weighted by Crippen LogP contribution is -2.36. The van der Waals surface area contributed by atoms with Crippen LogP contribution in [0.15, 0.2) is 42.7 Å². The number of hydrogen-bond acceptors (Lipinski definition) is 7. The maximum atomic E-state index is 6.12. The van der Waals surface area contributed by atoms with Gasteiger partial charge in [-0.1, -0.05) is 18.2 Å². The van der Waals surface area contributed by atoms with Crippen LogP contribution in [0.3, 0.4) is 0 Å². The van der Waals surface area contributed by atoms with Crippen molar-refractivity contribution in [3.8, 4) is 5.75 Å². The molecule has 34 heavy (non-hydrogen) atoms. The van der Waals surface area contributed by atoms with E-state index in [9.17, 15) is 0 Å². The zero-order valence-corrected chi connectivity index (χ0v) is 20.2. The number of fused-ring (bicyclic) bond motifs is 1. The SMILES string of the molecule is CN1CCOCCOCCOCCOCCOc2cc(C=Cc3cc[n+](CCN)cc3)ccc21. The molecule has 8 heteroatoms. The monoisotopic (exact) mass is 472 g/mol. The molecule has 0 spiro atoms. The summed E-state index contributed by atoms with van der Waals surface area (Å²) in [5.41, 5.74) is 8.83. The molecule has 1 aromatic heterocycles. The van der Waals surface area contributed by atoms with Crippen LogP contribution in [0.2, 0.25) is 0 Å². The molecule has 0 fully saturated rings. The van der Waals surface area contributed by atoms with Crippen LogP contribution in [0.25, 0.3) is 12.2 Å². The zero-order valence-electron chi connectivity index (χ0n) is 20.2. The van der Waals surface area contributed by atoms with Crippen LogP contribution in [0, 0.1) is 0 Å². The van der Waals surface area contributed by atoms with Crippen molar-refractivity contribution in [2.45, 2.75) is 6.54 Å². The molecule has 1 aromatic carbocycles. The summed E-state index contributed by atoms with van der Waals surface area (Å²) in [6, 6.07) is 10.4. The summed E-state index contributed by atoms with van der Waals surface area (Å²) < 4.78 is 30.5. The van der Waals surface area contributed by atoms with Crippen molar-refractivity contribution in [1.82, 2.24) is 0 Å². The first kappa shape index (κ1) is 26.1. The van der Waals surface area contributed by atoms with Gasteiger partial charge < -0.3 is 34.3 Å². The molecule has 8 nitrogen and oxygen atoms in total. The number of nitrogens with two attached hydrogens (primary N) is 1. The van der Waals surface area contributed by atoms with Gasteiger partial charge in [-0.2, -0.15) is 0 Å². The van der Waals surface area contributed by atoms with Gasteiger partial charge in [-0.3, -0.25) is 0 Å². The highest BCUT2D eigenvalue weighted by Gasteiger charge is 2.10. The lowest BCUT2D eigenvalue weighted by molar-refractivity contribution is -0.694. The standard InChI is InChI=1S/C26H38N3O5/c1-28-12-13-30-14-15-31-16-17-32-18-19-33-20-21-34-26-22-24(4-5-25(26)28)3-2-23-6-9-29(10-7-23)11-8-27/h2-7,9-10,22H,8,11-21,27H2,1H3/q+1. The molecule has 2 N–H and O–H groups in total. The molecule has 186 valence electrons. The van der Waals surface area contributed by atoms with E-state index < -0.39 is 0 Å². The summed E-state index contributed by atoms with van der Waals surface area (Å²) >= 11 is 0. The fraction of sp³-hybridized carbons (Fsp3) is 0.500. The van der Waals surface area contributed by atoms with Crippen LogP contribution >= 0.6 is 0 Å². The first-order valence-corrected chi connectivity index (χ1v) is 11.9. The average Bonchev–Trinajstić information content (AvgIpc) is 2.85. The Morgan fingerprint density at radius 1 is 0.794 bits per heavy atom. The quantitative estimate of drug-likeness (QED) is 0.682. The average molecular weight is 473 g/mol. The van der Waals surface area contributed by atoms with Crippen molar-refractivity contribution in [2.24, 2.45) is 5.73 Å². The molecule has 0 unspecified atom stereocenters. The molecule has 3 rings (SSSR count). The van der Waals surface area contributed by atoms with Crippen LogP contribution in [0.5, 0.6) is 5.75 Å². The summed E-state index contributed by atoms with van der Waals surface area (Å²) in [4.78, 5) is 2.15. The molecule has 0 saturated heterocycles. The Hall–Kier alpha value is -2.49. The van der Waals surface area contributed by atoms with Crippen molar-refractivity contribution in [2.75, 3.05) is 84.5 Å². The van der Waals surface area contributed by atoms with E-state index in [1.165, 1.54) is 0 Å². The minimum Gasteiger partial charge on any atom is -0.489 e. The van der Waals surface area contributed by atoms with E-state index in [4.69, 9.17) is 29.4 Å². The van der Waals surface area contributed by atoms with Crippen molar-refractivity contribution < 1.29 is 28.3 Å². The topological polar surface area (TPSA) is 79.3 Å². The third-order valence-electron chi connectivity index (χ3n) is 5.34. The lowest BCUT2D eigenvalue weighted by atomic mass is 10.1. The van der Waals surface area contributed by atoms with Gasteiger partial charge in [0.05, 0.1) is 65.1 Å². The van der Waals surface area contributed by atoms with E-state index >= 15 is 0 Å². The molecule has 0 bridgehead atoms. The smallest absolute Gasteiger partial charge is 0.169 e. The summed E-state index contributed by atoms with van der Waals surface area (Å²) in [5, 5.41) is 0. The van der Waals surface area contributed by atoms with Crippen molar-refractivity contribution >= 4 is 17.8 Å². The number of ether oxygens (including phenoxy) is 5. The van der Waals surface area contributed by atoms with Crippen molar-refractivity contribution in [3.05, 3.63) is 53.9 Å². The van der Waals surface area contributed by atoms with Gasteiger partial charge in [0, 0.05) is 25.7 Å². The number of pyridine rings is 1. The minimum absolute atomic E-state index is 0.466. The third kappa shape index (κ3) is 9.40. The molecule has 1 aliphatic rings. The number of likely N-dealkylation sites (N-methyl/N-ethyl adjacent to an activating group) is 1. The highest BCUT2D eigenvalue weighted by Crippen LogP contribution is 2.29. The van der Waals surface area contributed by atoms with E-state index in [1.54, 1.807) is 0 Å². The van der Waals surface area contributed by atoms with Crippen LogP contribution in [-0.4, -0.2) is 79.6 Å². The molecular formula is C26H38N3O5+. The second-order valence-electron chi connectivity index (χ2n) is 7.94. The Bertz CT molecular complexity index is 860. The van der Waals surface area contributed by atoms with Gasteiger partial charge in [0.25, 0.3) is 0 Å². The molecule has 0 radical (unpaired) electrons. The van der Waals surface area contributed by atoms with E-state index in [2.05, 4.69) is 52.0 Å². The second-order valence-corrected chi connectivity index (χ2v) is 7.94. The van der Waals surface area contributed by atoms with Crippen LogP contribution in [0.1, 0.15) is 11.1 Å². The highest BCUT2D eigenvalue weighted by atomic mass is 16.6. The van der Waals surface area contributed by atoms with E-state index in [0.29, 0.717) is 66.0 Å². The van der Waals surface area contributed by atoms with Crippen LogP contribution in [0.4, 0.5) is 5.69 Å². The van der Waals surface area contributed by atoms with Crippen LogP contribution in [-0.2, 0) is 25.5 Å². The Labute approximate surface area is 202 Å². The van der Waals surface area contributed by atoms with Gasteiger partial charge in [-0.25, -0.2) is 4.57 Å². The molecule has 2 heterocycles. The highest BCUT2D eigenvalue weighted by molar-refractivity contribution is 5.72. The first-order valence-electron chi connectivity index (χ1n) is 11.9. The fourth-order valence-corrected chi connectivity index (χ4v) is 3.43. The molecule has 2 aromatic rings. The molecule has 0 atom stereocenters. The predicted octanol–water partition coefficient (Wildman–Crippen LogP) is 2.00. The molecule has 0 saturated carbocycles. The zero-order chi connectivity index (χ0) is 23.8. The Balaban J connectivity index is 1.67. The number of aromatic nitrogens is 1. The predicted molar refractivity (Wildman–Crippen MR) is 133 cm³/mol. The van der Waals surface area contributed by atoms with Crippen LogP contribution < -0.4 is 19.9 Å². The largest absolute Gasteiger partial charge is 0.489 e. The van der Waals surface area contributed by atoms with Gasteiger partial charge in [-0.15, -0.1) is 0 Å². The van der Waals surface area contributed by atoms with E-state index in [0.717, 1.165) is 35.7 Å². The maximum absolute atomic E-state index is 6.12. The van der Waals surface area contributed by atoms with Gasteiger partial charge in [0.15, 0.2) is 18.9 Å². The molecule has 0 aliphatic carbocycles. The Kier molecular flexibility index (Phi) is 11.8. The molecular weight excluding hydrogens is 434 g/mol. The van der Waals surface area contributed by atoms with Gasteiger partial charge in [0.2, 0.25) is 0 Å². The summed E-state index contributed by atoms with van der Waals surface area (Å²) in [5.74, 6) is 0.822. The third-order valence-corrected chi connectivity index (χ3v) is 5.34. The first-order chi connectivity index (χ1) is 16.8. The van der Waals surface area contributed by atoms with Gasteiger partial charge in [-0.05, 0) is 23.3 Å². The van der Waals surface area contributed by atoms with Gasteiger partial charge in [0.1, 0.15) is 12.4 Å². The maximum Gasteiger partial charge on any atom is 0.169 e. The lowest BCUT2D eigenvalue weighted by Gasteiger charge is -2.23. The number of rotatable bonds is 4.